The van der Waals surface area contributed by atoms with Crippen molar-refractivity contribution < 1.29 is 9.53 Å². The Morgan fingerprint density at radius 1 is 1.32 bits per heavy atom. The van der Waals surface area contributed by atoms with Crippen LogP contribution in [0.3, 0.4) is 0 Å². The number of carbonyl (C=O) groups is 1. The molecule has 1 saturated heterocycles. The average Bonchev–Trinajstić information content (AvgIpc) is 2.98. The highest BCUT2D eigenvalue weighted by Gasteiger charge is 2.18. The highest BCUT2D eigenvalue weighted by molar-refractivity contribution is 5.76. The third-order valence-electron chi connectivity index (χ3n) is 4.64. The minimum Gasteiger partial charge on any atom is -0.370 e. The van der Waals surface area contributed by atoms with Gasteiger partial charge in [0.15, 0.2) is 5.82 Å². The number of amides is 1. The Labute approximate surface area is 147 Å². The van der Waals surface area contributed by atoms with Gasteiger partial charge in [-0.25, -0.2) is 9.97 Å². The van der Waals surface area contributed by atoms with Crippen molar-refractivity contribution >= 4 is 5.91 Å². The fourth-order valence-electron chi connectivity index (χ4n) is 2.89. The molecule has 0 bridgehead atoms. The molecule has 134 valence electrons. The molecule has 1 atom stereocenters. The van der Waals surface area contributed by atoms with Crippen LogP contribution in [0.4, 0.5) is 0 Å². The number of nitrogens with one attached hydrogen (secondary N) is 1. The summed E-state index contributed by atoms with van der Waals surface area (Å²) in [5.41, 5.74) is 3.10. The quantitative estimate of drug-likeness (QED) is 0.867. The Morgan fingerprint density at radius 2 is 2.12 bits per heavy atom. The van der Waals surface area contributed by atoms with Crippen LogP contribution in [0.1, 0.15) is 54.4 Å². The fourth-order valence-corrected chi connectivity index (χ4v) is 2.89. The molecule has 1 amide bonds. The van der Waals surface area contributed by atoms with Crippen molar-refractivity contribution in [2.45, 2.75) is 51.7 Å². The number of aryl methyl sites for hydroxylation is 2. The lowest BCUT2D eigenvalue weighted by molar-refractivity contribution is -0.121. The van der Waals surface area contributed by atoms with Crippen LogP contribution in [0.2, 0.25) is 0 Å². The molecule has 0 spiro atoms. The monoisotopic (exact) mass is 343 g/mol. The predicted octanol–water partition coefficient (Wildman–Crippen LogP) is 2.01. The van der Waals surface area contributed by atoms with E-state index in [1.54, 1.807) is 12.4 Å². The summed E-state index contributed by atoms with van der Waals surface area (Å²) in [6.45, 7) is 3.23. The standard InChI is InChI=1S/C18H25N5O2/c1-13-15(12-22-23(13)2)6-7-17(24)19-9-14-10-20-18(21-11-14)16-5-3-4-8-25-16/h10-12,16H,3-9H2,1-2H3,(H,19,24). The second-order valence-electron chi connectivity index (χ2n) is 6.46. The Hall–Kier alpha value is -2.28. The van der Waals surface area contributed by atoms with Crippen molar-refractivity contribution in [2.75, 3.05) is 6.61 Å². The first-order valence-corrected chi connectivity index (χ1v) is 8.80. The van der Waals surface area contributed by atoms with Gasteiger partial charge in [0.1, 0.15) is 6.10 Å². The van der Waals surface area contributed by atoms with Gasteiger partial charge in [-0.05, 0) is 38.2 Å². The maximum atomic E-state index is 12.0. The first-order valence-electron chi connectivity index (χ1n) is 8.80. The van der Waals surface area contributed by atoms with Crippen LogP contribution in [-0.2, 0) is 29.5 Å². The highest BCUT2D eigenvalue weighted by atomic mass is 16.5. The molecular formula is C18H25N5O2. The van der Waals surface area contributed by atoms with E-state index >= 15 is 0 Å². The third kappa shape index (κ3) is 4.63. The van der Waals surface area contributed by atoms with Gasteiger partial charge in [0.2, 0.25) is 5.91 Å². The number of ether oxygens (including phenoxy) is 1. The molecule has 1 N–H and O–H groups in total. The Morgan fingerprint density at radius 3 is 2.76 bits per heavy atom. The van der Waals surface area contributed by atoms with Crippen LogP contribution in [-0.4, -0.2) is 32.3 Å². The summed E-state index contributed by atoms with van der Waals surface area (Å²) < 4.78 is 7.51. The van der Waals surface area contributed by atoms with Gasteiger partial charge in [0.25, 0.3) is 0 Å². The third-order valence-corrected chi connectivity index (χ3v) is 4.64. The number of carbonyl (C=O) groups excluding carboxylic acids is 1. The molecule has 0 saturated carbocycles. The summed E-state index contributed by atoms with van der Waals surface area (Å²) in [4.78, 5) is 20.8. The lowest BCUT2D eigenvalue weighted by Gasteiger charge is -2.21. The molecule has 7 nitrogen and oxygen atoms in total. The van der Waals surface area contributed by atoms with Gasteiger partial charge < -0.3 is 10.1 Å². The van der Waals surface area contributed by atoms with E-state index < -0.39 is 0 Å². The van der Waals surface area contributed by atoms with Crippen molar-refractivity contribution in [3.8, 4) is 0 Å². The number of nitrogens with zero attached hydrogens (tertiary/aromatic N) is 4. The van der Waals surface area contributed by atoms with E-state index in [-0.39, 0.29) is 12.0 Å². The molecule has 1 aliphatic heterocycles. The first-order chi connectivity index (χ1) is 12.1. The second kappa shape index (κ2) is 8.20. The summed E-state index contributed by atoms with van der Waals surface area (Å²) in [7, 11) is 1.90. The molecule has 2 aromatic rings. The minimum atomic E-state index is 0.0140. The van der Waals surface area contributed by atoms with E-state index in [1.165, 1.54) is 0 Å². The molecule has 0 aromatic carbocycles. The largest absolute Gasteiger partial charge is 0.370 e. The summed E-state index contributed by atoms with van der Waals surface area (Å²) >= 11 is 0. The molecule has 1 unspecified atom stereocenters. The lowest BCUT2D eigenvalue weighted by Crippen LogP contribution is -2.23. The number of hydrogen-bond acceptors (Lipinski definition) is 5. The zero-order valence-electron chi connectivity index (χ0n) is 14.9. The van der Waals surface area contributed by atoms with Crippen LogP contribution < -0.4 is 5.32 Å². The van der Waals surface area contributed by atoms with Crippen LogP contribution in [0.5, 0.6) is 0 Å². The van der Waals surface area contributed by atoms with E-state index in [9.17, 15) is 4.79 Å². The predicted molar refractivity (Wildman–Crippen MR) is 92.7 cm³/mol. The van der Waals surface area contributed by atoms with Gasteiger partial charge >= 0.3 is 0 Å². The summed E-state index contributed by atoms with van der Waals surface area (Å²) in [5, 5.41) is 7.11. The maximum Gasteiger partial charge on any atom is 0.220 e. The van der Waals surface area contributed by atoms with Crippen molar-refractivity contribution in [3.63, 3.8) is 0 Å². The zero-order valence-corrected chi connectivity index (χ0v) is 14.9. The van der Waals surface area contributed by atoms with Gasteiger partial charge in [-0.1, -0.05) is 0 Å². The second-order valence-corrected chi connectivity index (χ2v) is 6.46. The molecular weight excluding hydrogens is 318 g/mol. The molecule has 0 radical (unpaired) electrons. The minimum absolute atomic E-state index is 0.0140. The van der Waals surface area contributed by atoms with E-state index in [2.05, 4.69) is 20.4 Å². The molecule has 2 aromatic heterocycles. The number of rotatable bonds is 6. The van der Waals surface area contributed by atoms with Crippen LogP contribution in [0.15, 0.2) is 18.6 Å². The SMILES string of the molecule is Cc1c(CCC(=O)NCc2cnc(C3CCCCO3)nc2)cnn1C. The average molecular weight is 343 g/mol. The molecule has 7 heteroatoms. The summed E-state index contributed by atoms with van der Waals surface area (Å²) in [6.07, 6.45) is 9.76. The van der Waals surface area contributed by atoms with Crippen molar-refractivity contribution in [2.24, 2.45) is 7.05 Å². The van der Waals surface area contributed by atoms with E-state index in [0.717, 1.165) is 48.5 Å². The molecule has 1 aliphatic rings. The molecule has 3 heterocycles. The van der Waals surface area contributed by atoms with Crippen LogP contribution in [0.25, 0.3) is 0 Å². The van der Waals surface area contributed by atoms with Crippen molar-refractivity contribution in [3.05, 3.63) is 41.2 Å². The zero-order chi connectivity index (χ0) is 17.6. The first kappa shape index (κ1) is 17.5. The van der Waals surface area contributed by atoms with E-state index in [4.69, 9.17) is 4.74 Å². The molecule has 1 fully saturated rings. The smallest absolute Gasteiger partial charge is 0.220 e. The van der Waals surface area contributed by atoms with Gasteiger partial charge in [-0.3, -0.25) is 9.48 Å². The van der Waals surface area contributed by atoms with Crippen molar-refractivity contribution in [1.82, 2.24) is 25.1 Å². The van der Waals surface area contributed by atoms with Gasteiger partial charge in [0, 0.05) is 50.3 Å². The maximum absolute atomic E-state index is 12.0. The molecule has 25 heavy (non-hydrogen) atoms. The number of aromatic nitrogens is 4. The Balaban J connectivity index is 1.44. The van der Waals surface area contributed by atoms with Gasteiger partial charge in [0.05, 0.1) is 6.20 Å². The highest BCUT2D eigenvalue weighted by Crippen LogP contribution is 2.24. The van der Waals surface area contributed by atoms with Crippen LogP contribution >= 0.6 is 0 Å². The topological polar surface area (TPSA) is 81.9 Å². The van der Waals surface area contributed by atoms with Crippen molar-refractivity contribution in [1.29, 1.82) is 0 Å². The molecule has 3 rings (SSSR count). The summed E-state index contributed by atoms with van der Waals surface area (Å²) in [6, 6.07) is 0. The Kier molecular flexibility index (Phi) is 5.75. The van der Waals surface area contributed by atoms with E-state index in [0.29, 0.717) is 19.4 Å². The normalized spacial score (nSPS) is 17.4. The number of hydrogen-bond donors (Lipinski definition) is 1. The fraction of sp³-hybridized carbons (Fsp3) is 0.556. The van der Waals surface area contributed by atoms with Gasteiger partial charge in [-0.15, -0.1) is 0 Å². The lowest BCUT2D eigenvalue weighted by atomic mass is 10.1. The molecule has 0 aliphatic carbocycles. The van der Waals surface area contributed by atoms with Gasteiger partial charge in [-0.2, -0.15) is 5.10 Å². The Bertz CT molecular complexity index is 705. The summed E-state index contributed by atoms with van der Waals surface area (Å²) in [5.74, 6) is 0.754. The van der Waals surface area contributed by atoms with E-state index in [1.807, 2.05) is 24.9 Å². The van der Waals surface area contributed by atoms with Crippen LogP contribution in [0, 0.1) is 6.92 Å².